The molecule has 1 aromatic heterocycles. The van der Waals surface area contributed by atoms with Gasteiger partial charge in [0.15, 0.2) is 0 Å². The molecule has 2 aromatic carbocycles. The molecule has 0 amide bonds. The zero-order chi connectivity index (χ0) is 25.3. The van der Waals surface area contributed by atoms with Crippen molar-refractivity contribution in [1.29, 1.82) is 0 Å². The molecule has 182 valence electrons. The molecule has 1 aliphatic rings. The fourth-order valence-electron chi connectivity index (χ4n) is 4.67. The number of nitrogens with one attached hydrogen (secondary N) is 1. The molecule has 0 saturated carbocycles. The van der Waals surface area contributed by atoms with Gasteiger partial charge in [-0.2, -0.15) is 0 Å². The van der Waals surface area contributed by atoms with Crippen LogP contribution in [0.4, 0.5) is 11.5 Å². The lowest BCUT2D eigenvalue weighted by atomic mass is 9.82. The number of allylic oxidation sites excluding steroid dienone is 1. The summed E-state index contributed by atoms with van der Waals surface area (Å²) in [6, 6.07) is 18.1. The third-order valence-electron chi connectivity index (χ3n) is 6.58. The van der Waals surface area contributed by atoms with Gasteiger partial charge in [-0.3, -0.25) is 13.9 Å². The summed E-state index contributed by atoms with van der Waals surface area (Å²) in [4.78, 5) is 40.9. The topological polar surface area (TPSA) is 85.6 Å². The molecule has 8 nitrogen and oxygen atoms in total. The highest BCUT2D eigenvalue weighted by Gasteiger charge is 2.37. The van der Waals surface area contributed by atoms with E-state index in [1.807, 2.05) is 42.5 Å². The number of benzene rings is 2. The molecule has 4 rings (SSSR count). The minimum Gasteiger partial charge on any atom is -0.466 e. The highest BCUT2D eigenvalue weighted by atomic mass is 16.5. The molecule has 35 heavy (non-hydrogen) atoms. The number of methoxy groups -OCH3 is 1. The smallest absolute Gasteiger partial charge is 0.336 e. The molecule has 0 bridgehead atoms. The van der Waals surface area contributed by atoms with Crippen molar-refractivity contribution in [2.24, 2.45) is 14.1 Å². The van der Waals surface area contributed by atoms with Gasteiger partial charge in [-0.15, -0.1) is 0 Å². The van der Waals surface area contributed by atoms with E-state index in [4.69, 9.17) is 4.74 Å². The number of carbonyl (C=O) groups excluding carboxylic acids is 1. The van der Waals surface area contributed by atoms with Crippen LogP contribution in [0.1, 0.15) is 36.5 Å². The molecule has 0 saturated heterocycles. The first kappa shape index (κ1) is 24.1. The van der Waals surface area contributed by atoms with Crippen LogP contribution in [0.15, 0.2) is 75.5 Å². The Balaban J connectivity index is 1.82. The predicted octanol–water partition coefficient (Wildman–Crippen LogP) is 3.11. The molecule has 0 spiro atoms. The van der Waals surface area contributed by atoms with Crippen molar-refractivity contribution in [3.8, 4) is 0 Å². The van der Waals surface area contributed by atoms with Crippen LogP contribution in [0.3, 0.4) is 0 Å². The van der Waals surface area contributed by atoms with Gasteiger partial charge < -0.3 is 15.0 Å². The van der Waals surface area contributed by atoms with Crippen LogP contribution in [0.2, 0.25) is 0 Å². The summed E-state index contributed by atoms with van der Waals surface area (Å²) in [5.41, 5.74) is 3.35. The predicted molar refractivity (Wildman–Crippen MR) is 137 cm³/mol. The van der Waals surface area contributed by atoms with Crippen LogP contribution < -0.4 is 21.5 Å². The summed E-state index contributed by atoms with van der Waals surface area (Å²) in [5, 5.41) is 3.09. The van der Waals surface area contributed by atoms with E-state index < -0.39 is 23.1 Å². The quantitative estimate of drug-likeness (QED) is 0.553. The van der Waals surface area contributed by atoms with Crippen molar-refractivity contribution < 1.29 is 9.53 Å². The minimum atomic E-state index is -0.678. The zero-order valence-corrected chi connectivity index (χ0v) is 20.7. The average Bonchev–Trinajstić information content (AvgIpc) is 2.89. The van der Waals surface area contributed by atoms with Gasteiger partial charge in [0.1, 0.15) is 5.82 Å². The fourth-order valence-corrected chi connectivity index (χ4v) is 4.67. The van der Waals surface area contributed by atoms with Gasteiger partial charge >= 0.3 is 11.7 Å². The number of rotatable bonds is 6. The van der Waals surface area contributed by atoms with Gasteiger partial charge in [-0.05, 0) is 37.1 Å². The molecule has 2 heterocycles. The van der Waals surface area contributed by atoms with Crippen LogP contribution in [0.5, 0.6) is 0 Å². The first-order chi connectivity index (χ1) is 16.8. The second-order valence-corrected chi connectivity index (χ2v) is 8.65. The van der Waals surface area contributed by atoms with Gasteiger partial charge in [0, 0.05) is 38.6 Å². The number of carbonyl (C=O) groups is 1. The van der Waals surface area contributed by atoms with E-state index in [1.54, 1.807) is 14.0 Å². The molecule has 8 heteroatoms. The molecule has 0 aliphatic carbocycles. The fraction of sp³-hybridized carbons (Fsp3) is 0.296. The monoisotopic (exact) mass is 474 g/mol. The van der Waals surface area contributed by atoms with Crippen LogP contribution in [0.25, 0.3) is 0 Å². The maximum absolute atomic E-state index is 13.3. The number of ether oxygens (including phenoxy) is 1. The molecular formula is C27H30N4O4. The Hall–Kier alpha value is -4.07. The number of hydrogen-bond acceptors (Lipinski definition) is 6. The summed E-state index contributed by atoms with van der Waals surface area (Å²) in [6.45, 7) is 5.43. The van der Waals surface area contributed by atoms with Crippen molar-refractivity contribution in [2.75, 3.05) is 23.9 Å². The van der Waals surface area contributed by atoms with Gasteiger partial charge in [0.25, 0.3) is 5.56 Å². The molecule has 1 aliphatic heterocycles. The number of aromatic nitrogens is 2. The van der Waals surface area contributed by atoms with E-state index in [1.165, 1.54) is 24.3 Å². The summed E-state index contributed by atoms with van der Waals surface area (Å²) < 4.78 is 7.54. The highest BCUT2D eigenvalue weighted by molar-refractivity contribution is 5.94. The first-order valence-electron chi connectivity index (χ1n) is 11.5. The molecule has 3 aromatic rings. The average molecular weight is 475 g/mol. The largest absolute Gasteiger partial charge is 0.466 e. The zero-order valence-electron chi connectivity index (χ0n) is 20.7. The standard InChI is InChI=1S/C27H30N4O4/c1-6-31(16-18-10-8-7-9-11-18)20-14-12-19(13-15-20)22-21(26(33)35-5)17(2)28-24-23(22)25(32)30(4)27(34)29(24)3/h7-15,22,28H,6,16H2,1-5H3. The van der Waals surface area contributed by atoms with E-state index in [2.05, 4.69) is 29.3 Å². The molecular weight excluding hydrogens is 444 g/mol. The Labute approximate surface area is 204 Å². The van der Waals surface area contributed by atoms with Crippen molar-refractivity contribution in [2.45, 2.75) is 26.3 Å². The van der Waals surface area contributed by atoms with Crippen molar-refractivity contribution in [3.63, 3.8) is 0 Å². The third-order valence-corrected chi connectivity index (χ3v) is 6.58. The van der Waals surface area contributed by atoms with E-state index in [0.717, 1.165) is 28.9 Å². The van der Waals surface area contributed by atoms with E-state index in [-0.39, 0.29) is 0 Å². The van der Waals surface area contributed by atoms with Crippen molar-refractivity contribution in [3.05, 3.63) is 103 Å². The number of esters is 1. The van der Waals surface area contributed by atoms with Crippen molar-refractivity contribution in [1.82, 2.24) is 9.13 Å². The van der Waals surface area contributed by atoms with Crippen LogP contribution in [-0.4, -0.2) is 28.8 Å². The lowest BCUT2D eigenvalue weighted by molar-refractivity contribution is -0.136. The Kier molecular flexibility index (Phi) is 6.64. The molecule has 1 atom stereocenters. The molecule has 0 radical (unpaired) electrons. The van der Waals surface area contributed by atoms with Gasteiger partial charge in [-0.1, -0.05) is 42.5 Å². The number of hydrogen-bond donors (Lipinski definition) is 1. The number of anilines is 2. The molecule has 0 fully saturated rings. The maximum atomic E-state index is 13.3. The number of fused-ring (bicyclic) bond motifs is 1. The Morgan fingerprint density at radius 3 is 2.29 bits per heavy atom. The SMILES string of the molecule is CCN(Cc1ccccc1)c1ccc(C2C(C(=O)OC)=C(C)Nc3c2c(=O)n(C)c(=O)n3C)cc1. The Morgan fingerprint density at radius 2 is 1.69 bits per heavy atom. The third kappa shape index (κ3) is 4.27. The lowest BCUT2D eigenvalue weighted by Gasteiger charge is -2.31. The number of nitrogens with zero attached hydrogens (tertiary/aromatic N) is 3. The lowest BCUT2D eigenvalue weighted by Crippen LogP contribution is -2.43. The van der Waals surface area contributed by atoms with E-state index >= 15 is 0 Å². The van der Waals surface area contributed by atoms with E-state index in [0.29, 0.717) is 22.7 Å². The van der Waals surface area contributed by atoms with Gasteiger partial charge in [0.2, 0.25) is 0 Å². The summed E-state index contributed by atoms with van der Waals surface area (Å²) >= 11 is 0. The van der Waals surface area contributed by atoms with Gasteiger partial charge in [0.05, 0.1) is 24.2 Å². The van der Waals surface area contributed by atoms with Crippen LogP contribution >= 0.6 is 0 Å². The van der Waals surface area contributed by atoms with Gasteiger partial charge in [-0.25, -0.2) is 9.59 Å². The second-order valence-electron chi connectivity index (χ2n) is 8.65. The second kappa shape index (κ2) is 9.66. The summed E-state index contributed by atoms with van der Waals surface area (Å²) in [7, 11) is 4.36. The van der Waals surface area contributed by atoms with Crippen molar-refractivity contribution >= 4 is 17.5 Å². The van der Waals surface area contributed by atoms with E-state index in [9.17, 15) is 14.4 Å². The normalized spacial score (nSPS) is 14.8. The Bertz CT molecular complexity index is 1400. The maximum Gasteiger partial charge on any atom is 0.336 e. The van der Waals surface area contributed by atoms with Crippen LogP contribution in [-0.2, 0) is 30.2 Å². The first-order valence-corrected chi connectivity index (χ1v) is 11.5. The Morgan fingerprint density at radius 1 is 1.03 bits per heavy atom. The summed E-state index contributed by atoms with van der Waals surface area (Å²) in [6.07, 6.45) is 0. The summed E-state index contributed by atoms with van der Waals surface area (Å²) in [5.74, 6) is -0.816. The molecule has 1 unspecified atom stereocenters. The minimum absolute atomic E-state index is 0.338. The highest BCUT2D eigenvalue weighted by Crippen LogP contribution is 2.40. The van der Waals surface area contributed by atoms with Crippen LogP contribution in [0, 0.1) is 0 Å². The molecule has 1 N–H and O–H groups in total.